The molecule has 0 aliphatic carbocycles. The molecule has 2 nitrogen and oxygen atoms in total. The van der Waals surface area contributed by atoms with Crippen LogP contribution >= 0.6 is 15.9 Å². The summed E-state index contributed by atoms with van der Waals surface area (Å²) < 4.78 is 32.4. The Morgan fingerprint density at radius 3 is 2.58 bits per heavy atom. The van der Waals surface area contributed by atoms with Crippen LogP contribution in [0.15, 0.2) is 40.9 Å². The van der Waals surface area contributed by atoms with Gasteiger partial charge in [-0.1, -0.05) is 0 Å². The van der Waals surface area contributed by atoms with Crippen molar-refractivity contribution in [1.82, 2.24) is 5.32 Å². The van der Waals surface area contributed by atoms with Gasteiger partial charge in [-0.2, -0.15) is 0 Å². The predicted molar refractivity (Wildman–Crippen MR) is 73.3 cm³/mol. The SMILES string of the molecule is CNCc1cc(F)cc(Oc2ccc(F)cc2Br)c1. The first kappa shape index (κ1) is 14.0. The molecule has 2 rings (SSSR count). The fourth-order valence-electron chi connectivity index (χ4n) is 1.67. The second-order valence-electron chi connectivity index (χ2n) is 4.00. The fourth-order valence-corrected chi connectivity index (χ4v) is 2.10. The Bertz CT molecular complexity index is 590. The third-order valence-corrected chi connectivity index (χ3v) is 3.05. The van der Waals surface area contributed by atoms with E-state index in [0.29, 0.717) is 22.5 Å². The summed E-state index contributed by atoms with van der Waals surface area (Å²) in [6, 6.07) is 8.52. The van der Waals surface area contributed by atoms with Crippen LogP contribution in [0.3, 0.4) is 0 Å². The zero-order valence-corrected chi connectivity index (χ0v) is 11.8. The summed E-state index contributed by atoms with van der Waals surface area (Å²) in [4.78, 5) is 0. The highest BCUT2D eigenvalue weighted by Crippen LogP contribution is 2.31. The summed E-state index contributed by atoms with van der Waals surface area (Å²) in [6.07, 6.45) is 0. The lowest BCUT2D eigenvalue weighted by Gasteiger charge is -2.09. The monoisotopic (exact) mass is 327 g/mol. The third kappa shape index (κ3) is 3.75. The van der Waals surface area contributed by atoms with Gasteiger partial charge in [-0.05, 0) is 58.9 Å². The van der Waals surface area contributed by atoms with E-state index in [1.165, 1.54) is 30.3 Å². The number of benzene rings is 2. The van der Waals surface area contributed by atoms with Crippen LogP contribution in [0.25, 0.3) is 0 Å². The van der Waals surface area contributed by atoms with Gasteiger partial charge >= 0.3 is 0 Å². The summed E-state index contributed by atoms with van der Waals surface area (Å²) >= 11 is 3.20. The van der Waals surface area contributed by atoms with Crippen molar-refractivity contribution in [3.63, 3.8) is 0 Å². The van der Waals surface area contributed by atoms with Gasteiger partial charge in [-0.15, -0.1) is 0 Å². The summed E-state index contributed by atoms with van der Waals surface area (Å²) in [5.74, 6) is 0.0651. The van der Waals surface area contributed by atoms with Gasteiger partial charge in [0.15, 0.2) is 0 Å². The van der Waals surface area contributed by atoms with Crippen LogP contribution in [0.2, 0.25) is 0 Å². The number of hydrogen-bond donors (Lipinski definition) is 1. The van der Waals surface area contributed by atoms with Crippen molar-refractivity contribution in [1.29, 1.82) is 0 Å². The number of hydrogen-bond acceptors (Lipinski definition) is 2. The molecule has 0 aliphatic heterocycles. The normalized spacial score (nSPS) is 10.5. The van der Waals surface area contributed by atoms with E-state index < -0.39 is 0 Å². The Kier molecular flexibility index (Phi) is 4.50. The number of nitrogens with one attached hydrogen (secondary N) is 1. The molecule has 2 aromatic rings. The Morgan fingerprint density at radius 2 is 1.89 bits per heavy atom. The van der Waals surface area contributed by atoms with Crippen LogP contribution in [-0.4, -0.2) is 7.05 Å². The lowest BCUT2D eigenvalue weighted by molar-refractivity contribution is 0.470. The van der Waals surface area contributed by atoms with Gasteiger partial charge in [-0.3, -0.25) is 0 Å². The van der Waals surface area contributed by atoms with Crippen molar-refractivity contribution >= 4 is 15.9 Å². The molecule has 0 amide bonds. The van der Waals surface area contributed by atoms with Crippen molar-refractivity contribution in [2.75, 3.05) is 7.05 Å². The molecule has 0 spiro atoms. The molecular weight excluding hydrogens is 316 g/mol. The quantitative estimate of drug-likeness (QED) is 0.906. The molecule has 2 aromatic carbocycles. The van der Waals surface area contributed by atoms with E-state index in [-0.39, 0.29) is 11.6 Å². The average Bonchev–Trinajstić information content (AvgIpc) is 2.32. The van der Waals surface area contributed by atoms with E-state index in [9.17, 15) is 8.78 Å². The molecule has 100 valence electrons. The molecule has 0 radical (unpaired) electrons. The molecule has 0 heterocycles. The van der Waals surface area contributed by atoms with E-state index in [1.54, 1.807) is 13.1 Å². The minimum absolute atomic E-state index is 0.366. The maximum atomic E-state index is 13.4. The van der Waals surface area contributed by atoms with Gasteiger partial charge in [0.05, 0.1) is 4.47 Å². The minimum Gasteiger partial charge on any atom is -0.456 e. The zero-order chi connectivity index (χ0) is 13.8. The van der Waals surface area contributed by atoms with Gasteiger partial charge < -0.3 is 10.1 Å². The molecule has 19 heavy (non-hydrogen) atoms. The largest absolute Gasteiger partial charge is 0.456 e. The molecule has 0 bridgehead atoms. The molecule has 1 N–H and O–H groups in total. The van der Waals surface area contributed by atoms with E-state index in [0.717, 1.165) is 5.56 Å². The van der Waals surface area contributed by atoms with Crippen LogP contribution in [0.1, 0.15) is 5.56 Å². The third-order valence-electron chi connectivity index (χ3n) is 2.43. The maximum absolute atomic E-state index is 13.4. The number of halogens is 3. The van der Waals surface area contributed by atoms with E-state index in [4.69, 9.17) is 4.74 Å². The van der Waals surface area contributed by atoms with Gasteiger partial charge in [0, 0.05) is 12.6 Å². The highest BCUT2D eigenvalue weighted by Gasteiger charge is 2.06. The molecule has 0 aromatic heterocycles. The van der Waals surface area contributed by atoms with Crippen molar-refractivity contribution in [2.24, 2.45) is 0 Å². The van der Waals surface area contributed by atoms with E-state index in [1.807, 2.05) is 0 Å². The molecule has 0 saturated carbocycles. The van der Waals surface area contributed by atoms with Crippen LogP contribution in [-0.2, 0) is 6.54 Å². The van der Waals surface area contributed by atoms with Gasteiger partial charge in [0.25, 0.3) is 0 Å². The lowest BCUT2D eigenvalue weighted by Crippen LogP contribution is -2.05. The van der Waals surface area contributed by atoms with Gasteiger partial charge in [0.1, 0.15) is 23.1 Å². The second-order valence-corrected chi connectivity index (χ2v) is 4.86. The van der Waals surface area contributed by atoms with Crippen molar-refractivity contribution < 1.29 is 13.5 Å². The number of rotatable bonds is 4. The Balaban J connectivity index is 2.27. The highest BCUT2D eigenvalue weighted by molar-refractivity contribution is 9.10. The second kappa shape index (κ2) is 6.12. The molecule has 5 heteroatoms. The first-order valence-electron chi connectivity index (χ1n) is 5.65. The summed E-state index contributed by atoms with van der Waals surface area (Å²) in [5.41, 5.74) is 0.774. The summed E-state index contributed by atoms with van der Waals surface area (Å²) in [6.45, 7) is 0.540. The first-order valence-corrected chi connectivity index (χ1v) is 6.45. The molecule has 0 aliphatic rings. The van der Waals surface area contributed by atoms with Gasteiger partial charge in [0.2, 0.25) is 0 Å². The standard InChI is InChI=1S/C14H12BrF2NO/c1-18-8-9-4-11(17)6-12(5-9)19-14-3-2-10(16)7-13(14)15/h2-7,18H,8H2,1H3. The summed E-state index contributed by atoms with van der Waals surface area (Å²) in [7, 11) is 1.78. The van der Waals surface area contributed by atoms with Crippen LogP contribution in [0.5, 0.6) is 11.5 Å². The Labute approximate surface area is 118 Å². The average molecular weight is 328 g/mol. The summed E-state index contributed by atoms with van der Waals surface area (Å²) in [5, 5.41) is 2.94. The Morgan fingerprint density at radius 1 is 1.11 bits per heavy atom. The van der Waals surface area contributed by atoms with Crippen molar-refractivity contribution in [3.05, 3.63) is 58.1 Å². The van der Waals surface area contributed by atoms with E-state index >= 15 is 0 Å². The molecule has 0 unspecified atom stereocenters. The Hall–Kier alpha value is -1.46. The lowest BCUT2D eigenvalue weighted by atomic mass is 10.2. The van der Waals surface area contributed by atoms with E-state index in [2.05, 4.69) is 21.2 Å². The predicted octanol–water partition coefficient (Wildman–Crippen LogP) is 4.24. The maximum Gasteiger partial charge on any atom is 0.141 e. The van der Waals surface area contributed by atoms with Gasteiger partial charge in [-0.25, -0.2) is 8.78 Å². The topological polar surface area (TPSA) is 21.3 Å². The van der Waals surface area contributed by atoms with Crippen molar-refractivity contribution in [2.45, 2.75) is 6.54 Å². The smallest absolute Gasteiger partial charge is 0.141 e. The minimum atomic E-state index is -0.374. The van der Waals surface area contributed by atoms with Crippen LogP contribution < -0.4 is 10.1 Å². The molecule has 0 fully saturated rings. The molecule has 0 atom stereocenters. The van der Waals surface area contributed by atoms with Crippen LogP contribution in [0, 0.1) is 11.6 Å². The van der Waals surface area contributed by atoms with Crippen LogP contribution in [0.4, 0.5) is 8.78 Å². The van der Waals surface area contributed by atoms with Crippen molar-refractivity contribution in [3.8, 4) is 11.5 Å². The zero-order valence-electron chi connectivity index (χ0n) is 10.2. The molecule has 0 saturated heterocycles. The molecular formula is C14H12BrF2NO. The fraction of sp³-hybridized carbons (Fsp3) is 0.143. The highest BCUT2D eigenvalue weighted by atomic mass is 79.9. The number of ether oxygens (including phenoxy) is 1. The first-order chi connectivity index (χ1) is 9.08.